The molecule has 3 N–H and O–H groups in total. The summed E-state index contributed by atoms with van der Waals surface area (Å²) in [6.45, 7) is 1.36. The standard InChI is InChI=1S/C11H11Br3N2O3/c1-5(17)16-9(11(18)19)4-15-10-7(13)2-6(12)3-8(10)14/h2-3,9,15H,4H2,1H3,(H,16,17)(H,18,19). The van der Waals surface area contributed by atoms with Gasteiger partial charge in [0.25, 0.3) is 0 Å². The van der Waals surface area contributed by atoms with E-state index in [0.29, 0.717) is 0 Å². The zero-order valence-electron chi connectivity index (χ0n) is 9.84. The van der Waals surface area contributed by atoms with E-state index in [0.717, 1.165) is 19.1 Å². The normalized spacial score (nSPS) is 11.8. The highest BCUT2D eigenvalue weighted by Gasteiger charge is 2.19. The zero-order chi connectivity index (χ0) is 14.6. The first-order valence-electron chi connectivity index (χ1n) is 5.19. The summed E-state index contributed by atoms with van der Waals surface area (Å²) in [4.78, 5) is 21.9. The van der Waals surface area contributed by atoms with Gasteiger partial charge < -0.3 is 15.7 Å². The van der Waals surface area contributed by atoms with Crippen molar-refractivity contribution in [3.8, 4) is 0 Å². The van der Waals surface area contributed by atoms with Gasteiger partial charge in [-0.05, 0) is 44.0 Å². The average Bonchev–Trinajstić information content (AvgIpc) is 2.25. The number of hydrogen-bond acceptors (Lipinski definition) is 3. The number of carboxylic acid groups (broad SMARTS) is 1. The topological polar surface area (TPSA) is 78.4 Å². The van der Waals surface area contributed by atoms with Crippen molar-refractivity contribution >= 4 is 65.4 Å². The maximum Gasteiger partial charge on any atom is 0.328 e. The first-order valence-corrected chi connectivity index (χ1v) is 7.57. The number of anilines is 1. The first-order chi connectivity index (χ1) is 8.81. The van der Waals surface area contributed by atoms with Crippen LogP contribution in [0.3, 0.4) is 0 Å². The van der Waals surface area contributed by atoms with E-state index in [1.54, 1.807) is 0 Å². The van der Waals surface area contributed by atoms with Crippen LogP contribution in [0.5, 0.6) is 0 Å². The Balaban J connectivity index is 2.80. The number of nitrogens with one attached hydrogen (secondary N) is 2. The number of hydrogen-bond donors (Lipinski definition) is 3. The summed E-state index contributed by atoms with van der Waals surface area (Å²) in [6, 6.07) is 2.68. The molecule has 1 rings (SSSR count). The SMILES string of the molecule is CC(=O)NC(CNc1c(Br)cc(Br)cc1Br)C(=O)O. The van der Waals surface area contributed by atoms with Gasteiger partial charge in [0.2, 0.25) is 5.91 Å². The van der Waals surface area contributed by atoms with Gasteiger partial charge >= 0.3 is 5.97 Å². The summed E-state index contributed by atoms with van der Waals surface area (Å²) in [5, 5.41) is 14.3. The van der Waals surface area contributed by atoms with Gasteiger partial charge in [-0.25, -0.2) is 4.79 Å². The zero-order valence-corrected chi connectivity index (χ0v) is 14.6. The van der Waals surface area contributed by atoms with Gasteiger partial charge in [0, 0.05) is 26.9 Å². The van der Waals surface area contributed by atoms with Crippen LogP contribution in [0.25, 0.3) is 0 Å². The summed E-state index contributed by atoms with van der Waals surface area (Å²) in [6.07, 6.45) is 0. The predicted molar refractivity (Wildman–Crippen MR) is 83.3 cm³/mol. The molecule has 0 aliphatic carbocycles. The summed E-state index contributed by atoms with van der Waals surface area (Å²) in [5.74, 6) is -1.48. The lowest BCUT2D eigenvalue weighted by Gasteiger charge is -2.17. The molecule has 1 aromatic carbocycles. The monoisotopic (exact) mass is 456 g/mol. The summed E-state index contributed by atoms with van der Waals surface area (Å²) in [5.41, 5.74) is 0.722. The predicted octanol–water partition coefficient (Wildman–Crippen LogP) is 2.98. The average molecular weight is 459 g/mol. The van der Waals surface area contributed by atoms with Crippen molar-refractivity contribution in [2.75, 3.05) is 11.9 Å². The fourth-order valence-corrected chi connectivity index (χ4v) is 3.90. The number of carbonyl (C=O) groups excluding carboxylic acids is 1. The third kappa shape index (κ3) is 5.12. The molecule has 0 aliphatic rings. The van der Waals surface area contributed by atoms with Crippen LogP contribution < -0.4 is 10.6 Å². The van der Waals surface area contributed by atoms with E-state index in [2.05, 4.69) is 58.4 Å². The molecule has 1 atom stereocenters. The molecule has 0 heterocycles. The molecule has 5 nitrogen and oxygen atoms in total. The minimum atomic E-state index is -1.09. The lowest BCUT2D eigenvalue weighted by Crippen LogP contribution is -2.44. The van der Waals surface area contributed by atoms with Crippen molar-refractivity contribution in [1.29, 1.82) is 0 Å². The molecular weight excluding hydrogens is 448 g/mol. The number of benzene rings is 1. The quantitative estimate of drug-likeness (QED) is 0.634. The van der Waals surface area contributed by atoms with Crippen LogP contribution in [-0.4, -0.2) is 29.6 Å². The second kappa shape index (κ2) is 7.25. The fourth-order valence-electron chi connectivity index (χ4n) is 1.36. The Kier molecular flexibility index (Phi) is 6.28. The summed E-state index contributed by atoms with van der Waals surface area (Å²) >= 11 is 10.1. The van der Waals surface area contributed by atoms with Crippen LogP contribution in [0.2, 0.25) is 0 Å². The molecule has 0 fully saturated rings. The highest BCUT2D eigenvalue weighted by molar-refractivity contribution is 9.11. The summed E-state index contributed by atoms with van der Waals surface area (Å²) in [7, 11) is 0. The van der Waals surface area contributed by atoms with Crippen LogP contribution >= 0.6 is 47.8 Å². The van der Waals surface area contributed by atoms with Gasteiger partial charge in [-0.15, -0.1) is 0 Å². The minimum absolute atomic E-state index is 0.0771. The number of amides is 1. The van der Waals surface area contributed by atoms with Gasteiger partial charge in [-0.1, -0.05) is 15.9 Å². The fraction of sp³-hybridized carbons (Fsp3) is 0.273. The second-order valence-electron chi connectivity index (χ2n) is 3.72. The molecule has 0 radical (unpaired) electrons. The Morgan fingerprint density at radius 3 is 2.21 bits per heavy atom. The molecule has 104 valence electrons. The van der Waals surface area contributed by atoms with E-state index in [1.807, 2.05) is 12.1 Å². The molecule has 0 aliphatic heterocycles. The van der Waals surface area contributed by atoms with Gasteiger partial charge in [0.1, 0.15) is 6.04 Å². The Hall–Kier alpha value is -0.600. The smallest absolute Gasteiger partial charge is 0.328 e. The maximum atomic E-state index is 11.0. The molecule has 1 amide bonds. The lowest BCUT2D eigenvalue weighted by atomic mass is 10.2. The Morgan fingerprint density at radius 2 is 1.79 bits per heavy atom. The Morgan fingerprint density at radius 1 is 1.26 bits per heavy atom. The van der Waals surface area contributed by atoms with Crippen molar-refractivity contribution in [2.24, 2.45) is 0 Å². The first kappa shape index (κ1) is 16.5. The van der Waals surface area contributed by atoms with E-state index < -0.39 is 12.0 Å². The molecule has 8 heteroatoms. The van der Waals surface area contributed by atoms with E-state index in [9.17, 15) is 9.59 Å². The van der Waals surface area contributed by atoms with Gasteiger partial charge in [-0.3, -0.25) is 4.79 Å². The molecule has 0 saturated carbocycles. The Labute approximate surface area is 135 Å². The number of rotatable bonds is 5. The molecule has 0 spiro atoms. The van der Waals surface area contributed by atoms with Crippen LogP contribution in [0.4, 0.5) is 5.69 Å². The second-order valence-corrected chi connectivity index (χ2v) is 6.34. The number of carboxylic acids is 1. The molecule has 0 saturated heterocycles. The minimum Gasteiger partial charge on any atom is -0.480 e. The van der Waals surface area contributed by atoms with E-state index >= 15 is 0 Å². The van der Waals surface area contributed by atoms with E-state index in [-0.39, 0.29) is 12.5 Å². The van der Waals surface area contributed by atoms with Gasteiger partial charge in [0.05, 0.1) is 5.69 Å². The van der Waals surface area contributed by atoms with E-state index in [1.165, 1.54) is 6.92 Å². The number of carbonyl (C=O) groups is 2. The van der Waals surface area contributed by atoms with Gasteiger partial charge in [-0.2, -0.15) is 0 Å². The van der Waals surface area contributed by atoms with Gasteiger partial charge in [0.15, 0.2) is 0 Å². The number of aliphatic carboxylic acids is 1. The molecule has 19 heavy (non-hydrogen) atoms. The van der Waals surface area contributed by atoms with Crippen molar-refractivity contribution < 1.29 is 14.7 Å². The lowest BCUT2D eigenvalue weighted by molar-refractivity contribution is -0.141. The van der Waals surface area contributed by atoms with Crippen molar-refractivity contribution in [1.82, 2.24) is 5.32 Å². The third-order valence-corrected chi connectivity index (χ3v) is 3.87. The van der Waals surface area contributed by atoms with Crippen molar-refractivity contribution in [2.45, 2.75) is 13.0 Å². The van der Waals surface area contributed by atoms with Crippen LogP contribution in [0.1, 0.15) is 6.92 Å². The van der Waals surface area contributed by atoms with Crippen molar-refractivity contribution in [3.05, 3.63) is 25.6 Å². The number of halogens is 3. The molecule has 1 unspecified atom stereocenters. The highest BCUT2D eigenvalue weighted by Crippen LogP contribution is 2.34. The van der Waals surface area contributed by atoms with E-state index in [4.69, 9.17) is 5.11 Å². The Bertz CT molecular complexity index is 485. The summed E-state index contributed by atoms with van der Waals surface area (Å²) < 4.78 is 2.44. The molecule has 0 bridgehead atoms. The largest absolute Gasteiger partial charge is 0.480 e. The van der Waals surface area contributed by atoms with Crippen molar-refractivity contribution in [3.63, 3.8) is 0 Å². The molecular formula is C11H11Br3N2O3. The van der Waals surface area contributed by atoms with Crippen LogP contribution in [-0.2, 0) is 9.59 Å². The van der Waals surface area contributed by atoms with Crippen LogP contribution in [0.15, 0.2) is 25.6 Å². The third-order valence-electron chi connectivity index (χ3n) is 2.17. The maximum absolute atomic E-state index is 11.0. The molecule has 1 aromatic rings. The highest BCUT2D eigenvalue weighted by atomic mass is 79.9. The van der Waals surface area contributed by atoms with Crippen LogP contribution in [0, 0.1) is 0 Å². The molecule has 0 aromatic heterocycles.